The maximum Gasteiger partial charge on any atom is 0.266 e. The lowest BCUT2D eigenvalue weighted by molar-refractivity contribution is -0.121. The van der Waals surface area contributed by atoms with Crippen LogP contribution >= 0.6 is 0 Å². The number of aryl methyl sites for hydroxylation is 1. The quantitative estimate of drug-likeness (QED) is 0.711. The van der Waals surface area contributed by atoms with E-state index in [-0.39, 0.29) is 12.3 Å². The number of carbonyl (C=O) groups is 1. The smallest absolute Gasteiger partial charge is 0.266 e. The van der Waals surface area contributed by atoms with E-state index >= 15 is 0 Å². The molecule has 0 saturated heterocycles. The Morgan fingerprint density at radius 3 is 2.72 bits per heavy atom. The number of hydrogen-bond donors (Lipinski definition) is 1. The maximum atomic E-state index is 12.0. The summed E-state index contributed by atoms with van der Waals surface area (Å²) in [7, 11) is 1.62. The molecule has 25 heavy (non-hydrogen) atoms. The molecule has 2 aromatic heterocycles. The lowest BCUT2D eigenvalue weighted by Crippen LogP contribution is -2.23. The normalized spacial score (nSPS) is 10.4. The molecular formula is C18H18N4O3. The minimum Gasteiger partial charge on any atom is -0.497 e. The Bertz CT molecular complexity index is 816. The van der Waals surface area contributed by atoms with E-state index in [1.165, 1.54) is 0 Å². The molecule has 7 nitrogen and oxygen atoms in total. The average Bonchev–Trinajstić information content (AvgIpc) is 3.15. The molecule has 0 bridgehead atoms. The van der Waals surface area contributed by atoms with Crippen LogP contribution in [0.2, 0.25) is 0 Å². The van der Waals surface area contributed by atoms with E-state index in [0.29, 0.717) is 30.4 Å². The molecule has 0 atom stereocenters. The van der Waals surface area contributed by atoms with Gasteiger partial charge >= 0.3 is 0 Å². The fourth-order valence-corrected chi connectivity index (χ4v) is 2.20. The standard InChI is InChI=1S/C18H18N4O3/c1-24-14-7-5-13(6-8-14)12-20-16(23)9-10-17-21-22-18(25-17)15-4-2-3-11-19-15/h2-8,11H,9-10,12H2,1H3,(H,20,23). The topological polar surface area (TPSA) is 90.1 Å². The SMILES string of the molecule is COc1ccc(CNC(=O)CCc2nnc(-c3ccccn3)o2)cc1. The van der Waals surface area contributed by atoms with Gasteiger partial charge in [0.25, 0.3) is 5.89 Å². The van der Waals surface area contributed by atoms with Crippen molar-refractivity contribution in [3.8, 4) is 17.3 Å². The third-order valence-electron chi connectivity index (χ3n) is 3.57. The van der Waals surface area contributed by atoms with Crippen LogP contribution in [0.15, 0.2) is 53.1 Å². The summed E-state index contributed by atoms with van der Waals surface area (Å²) >= 11 is 0. The summed E-state index contributed by atoms with van der Waals surface area (Å²) in [5.41, 5.74) is 1.62. The Balaban J connectivity index is 1.46. The summed E-state index contributed by atoms with van der Waals surface area (Å²) in [6.07, 6.45) is 2.32. The number of carbonyl (C=O) groups excluding carboxylic acids is 1. The molecule has 0 unspecified atom stereocenters. The first-order valence-corrected chi connectivity index (χ1v) is 7.88. The first kappa shape index (κ1) is 16.6. The summed E-state index contributed by atoms with van der Waals surface area (Å²) in [4.78, 5) is 16.1. The van der Waals surface area contributed by atoms with Crippen LogP contribution in [-0.2, 0) is 17.8 Å². The highest BCUT2D eigenvalue weighted by Crippen LogP contribution is 2.15. The molecule has 0 aliphatic rings. The van der Waals surface area contributed by atoms with Gasteiger partial charge in [0.05, 0.1) is 7.11 Å². The number of nitrogens with one attached hydrogen (secondary N) is 1. The van der Waals surface area contributed by atoms with E-state index in [0.717, 1.165) is 11.3 Å². The highest BCUT2D eigenvalue weighted by molar-refractivity contribution is 5.76. The second-order valence-corrected chi connectivity index (χ2v) is 5.34. The van der Waals surface area contributed by atoms with E-state index in [9.17, 15) is 4.79 Å². The van der Waals surface area contributed by atoms with E-state index in [1.54, 1.807) is 19.4 Å². The fraction of sp³-hybridized carbons (Fsp3) is 0.222. The number of ether oxygens (including phenoxy) is 1. The molecule has 0 aliphatic heterocycles. The van der Waals surface area contributed by atoms with E-state index in [4.69, 9.17) is 9.15 Å². The number of methoxy groups -OCH3 is 1. The van der Waals surface area contributed by atoms with Crippen molar-refractivity contribution in [1.29, 1.82) is 0 Å². The van der Waals surface area contributed by atoms with E-state index in [2.05, 4.69) is 20.5 Å². The predicted molar refractivity (Wildman–Crippen MR) is 90.7 cm³/mol. The Hall–Kier alpha value is -3.22. The van der Waals surface area contributed by atoms with Crippen molar-refractivity contribution in [2.75, 3.05) is 7.11 Å². The minimum atomic E-state index is -0.0756. The number of benzene rings is 1. The van der Waals surface area contributed by atoms with Crippen LogP contribution in [0, 0.1) is 0 Å². The molecule has 1 amide bonds. The zero-order valence-corrected chi connectivity index (χ0v) is 13.8. The van der Waals surface area contributed by atoms with Crippen molar-refractivity contribution in [2.24, 2.45) is 0 Å². The molecule has 0 radical (unpaired) electrons. The summed E-state index contributed by atoms with van der Waals surface area (Å²) in [6.45, 7) is 0.464. The van der Waals surface area contributed by atoms with Gasteiger partial charge in [0.2, 0.25) is 11.8 Å². The Morgan fingerprint density at radius 2 is 2.00 bits per heavy atom. The Morgan fingerprint density at radius 1 is 1.16 bits per heavy atom. The van der Waals surface area contributed by atoms with Crippen molar-refractivity contribution in [1.82, 2.24) is 20.5 Å². The molecule has 0 saturated carbocycles. The zero-order chi connectivity index (χ0) is 17.5. The fourth-order valence-electron chi connectivity index (χ4n) is 2.20. The lowest BCUT2D eigenvalue weighted by atomic mass is 10.2. The van der Waals surface area contributed by atoms with Crippen molar-refractivity contribution in [3.63, 3.8) is 0 Å². The maximum absolute atomic E-state index is 12.0. The number of amides is 1. The molecule has 2 heterocycles. The molecule has 0 aliphatic carbocycles. The van der Waals surface area contributed by atoms with Crippen LogP contribution in [0.1, 0.15) is 17.9 Å². The van der Waals surface area contributed by atoms with Crippen molar-refractivity contribution < 1.29 is 13.9 Å². The molecule has 3 rings (SSSR count). The zero-order valence-electron chi connectivity index (χ0n) is 13.8. The number of hydrogen-bond acceptors (Lipinski definition) is 6. The van der Waals surface area contributed by atoms with E-state index in [1.807, 2.05) is 36.4 Å². The second-order valence-electron chi connectivity index (χ2n) is 5.34. The number of pyridine rings is 1. The van der Waals surface area contributed by atoms with Crippen LogP contribution in [-0.4, -0.2) is 28.2 Å². The molecule has 1 N–H and O–H groups in total. The first-order chi connectivity index (χ1) is 12.2. The van der Waals surface area contributed by atoms with Gasteiger partial charge < -0.3 is 14.5 Å². The molecule has 128 valence electrons. The Kier molecular flexibility index (Phi) is 5.36. The Labute approximate surface area is 145 Å². The number of nitrogens with zero attached hydrogens (tertiary/aromatic N) is 3. The van der Waals surface area contributed by atoms with Crippen LogP contribution in [0.3, 0.4) is 0 Å². The first-order valence-electron chi connectivity index (χ1n) is 7.88. The third kappa shape index (κ3) is 4.63. The third-order valence-corrected chi connectivity index (χ3v) is 3.57. The highest BCUT2D eigenvalue weighted by atomic mass is 16.5. The monoisotopic (exact) mass is 338 g/mol. The average molecular weight is 338 g/mol. The molecule has 0 fully saturated rings. The molecule has 0 spiro atoms. The minimum absolute atomic E-state index is 0.0756. The number of rotatable bonds is 7. The van der Waals surface area contributed by atoms with Gasteiger partial charge in [-0.25, -0.2) is 0 Å². The van der Waals surface area contributed by atoms with Crippen LogP contribution in [0.25, 0.3) is 11.6 Å². The van der Waals surface area contributed by atoms with Gasteiger partial charge in [0, 0.05) is 25.6 Å². The predicted octanol–water partition coefficient (Wildman–Crippen LogP) is 2.39. The van der Waals surface area contributed by atoms with Crippen LogP contribution in [0.5, 0.6) is 5.75 Å². The molecular weight excluding hydrogens is 320 g/mol. The summed E-state index contributed by atoms with van der Waals surface area (Å²) in [5.74, 6) is 1.48. The van der Waals surface area contributed by atoms with Gasteiger partial charge in [-0.05, 0) is 29.8 Å². The summed E-state index contributed by atoms with van der Waals surface area (Å²) in [6, 6.07) is 13.0. The van der Waals surface area contributed by atoms with Crippen LogP contribution in [0.4, 0.5) is 0 Å². The van der Waals surface area contributed by atoms with Gasteiger partial charge in [0.15, 0.2) is 0 Å². The van der Waals surface area contributed by atoms with E-state index < -0.39 is 0 Å². The summed E-state index contributed by atoms with van der Waals surface area (Å²) < 4.78 is 10.6. The largest absolute Gasteiger partial charge is 0.497 e. The summed E-state index contributed by atoms with van der Waals surface area (Å²) in [5, 5.41) is 10.8. The van der Waals surface area contributed by atoms with Gasteiger partial charge in [0.1, 0.15) is 11.4 Å². The van der Waals surface area contributed by atoms with Gasteiger partial charge in [-0.2, -0.15) is 0 Å². The van der Waals surface area contributed by atoms with Gasteiger partial charge in [-0.1, -0.05) is 18.2 Å². The second kappa shape index (κ2) is 8.05. The van der Waals surface area contributed by atoms with Crippen molar-refractivity contribution in [3.05, 3.63) is 60.1 Å². The van der Waals surface area contributed by atoms with Crippen molar-refractivity contribution in [2.45, 2.75) is 19.4 Å². The van der Waals surface area contributed by atoms with Gasteiger partial charge in [-0.3, -0.25) is 9.78 Å². The van der Waals surface area contributed by atoms with Gasteiger partial charge in [-0.15, -0.1) is 10.2 Å². The van der Waals surface area contributed by atoms with Crippen molar-refractivity contribution >= 4 is 5.91 Å². The molecule has 1 aromatic carbocycles. The number of aromatic nitrogens is 3. The molecule has 7 heteroatoms. The lowest BCUT2D eigenvalue weighted by Gasteiger charge is -2.05. The molecule has 3 aromatic rings. The van der Waals surface area contributed by atoms with Crippen LogP contribution < -0.4 is 10.1 Å². The highest BCUT2D eigenvalue weighted by Gasteiger charge is 2.11.